The van der Waals surface area contributed by atoms with E-state index in [0.29, 0.717) is 26.1 Å². The van der Waals surface area contributed by atoms with Crippen LogP contribution < -0.4 is 4.74 Å². The molecule has 2 aliphatic heterocycles. The maximum atomic E-state index is 11.4. The molecule has 2 aromatic rings. The molecule has 0 aromatic heterocycles. The average molecular weight is 471 g/mol. The number of rotatable bonds is 9. The fraction of sp³-hybridized carbons (Fsp3) is 0.519. The molecule has 2 heterocycles. The van der Waals surface area contributed by atoms with Gasteiger partial charge in [0.05, 0.1) is 25.9 Å². The third kappa shape index (κ3) is 5.13. The van der Waals surface area contributed by atoms with Crippen molar-refractivity contribution in [2.75, 3.05) is 19.8 Å². The van der Waals surface area contributed by atoms with Gasteiger partial charge in [0.15, 0.2) is 5.79 Å². The lowest BCUT2D eigenvalue weighted by atomic mass is 9.86. The Kier molecular flexibility index (Phi) is 7.28. The van der Waals surface area contributed by atoms with Gasteiger partial charge in [0.2, 0.25) is 0 Å². The summed E-state index contributed by atoms with van der Waals surface area (Å²) in [5.41, 5.74) is 3.35. The first kappa shape index (κ1) is 24.7. The number of benzene rings is 2. The Morgan fingerprint density at radius 2 is 1.94 bits per heavy atom. The Morgan fingerprint density at radius 3 is 2.68 bits per heavy atom. The van der Waals surface area contributed by atoms with Gasteiger partial charge in [0.1, 0.15) is 17.5 Å². The van der Waals surface area contributed by atoms with E-state index in [9.17, 15) is 15.0 Å². The molecule has 184 valence electrons. The number of aliphatic hydroxyl groups excluding tert-OH is 2. The molecule has 2 aromatic carbocycles. The molecule has 0 spiro atoms. The van der Waals surface area contributed by atoms with Gasteiger partial charge >= 0.3 is 5.97 Å². The molecule has 0 saturated carbocycles. The van der Waals surface area contributed by atoms with Crippen LogP contribution in [0.4, 0.5) is 0 Å². The van der Waals surface area contributed by atoms with Crippen molar-refractivity contribution in [1.82, 2.24) is 0 Å². The Labute approximate surface area is 200 Å². The molecular weight excluding hydrogens is 436 g/mol. The van der Waals surface area contributed by atoms with Crippen LogP contribution in [0.1, 0.15) is 55.4 Å². The van der Waals surface area contributed by atoms with Gasteiger partial charge in [-0.15, -0.1) is 0 Å². The normalized spacial score (nSPS) is 28.0. The van der Waals surface area contributed by atoms with Gasteiger partial charge in [-0.25, -0.2) is 0 Å². The number of aryl methyl sites for hydroxylation is 1. The lowest BCUT2D eigenvalue weighted by Gasteiger charge is -2.42. The molecule has 4 rings (SSSR count). The minimum absolute atomic E-state index is 0.189. The van der Waals surface area contributed by atoms with Gasteiger partial charge in [-0.1, -0.05) is 24.3 Å². The van der Waals surface area contributed by atoms with E-state index in [1.165, 1.54) is 0 Å². The summed E-state index contributed by atoms with van der Waals surface area (Å²) < 4.78 is 22.9. The van der Waals surface area contributed by atoms with Crippen molar-refractivity contribution in [2.24, 2.45) is 0 Å². The van der Waals surface area contributed by atoms with Crippen LogP contribution in [0.3, 0.4) is 0 Å². The molecule has 2 bridgehead atoms. The topological polar surface area (TPSA) is 94.5 Å². The first-order valence-corrected chi connectivity index (χ1v) is 11.9. The van der Waals surface area contributed by atoms with E-state index in [1.807, 2.05) is 36.4 Å². The van der Waals surface area contributed by atoms with Crippen molar-refractivity contribution < 1.29 is 34.0 Å². The number of hydrogen-bond acceptors (Lipinski definition) is 7. The highest BCUT2D eigenvalue weighted by Crippen LogP contribution is 2.49. The lowest BCUT2D eigenvalue weighted by molar-refractivity contribution is -0.271. The van der Waals surface area contributed by atoms with Gasteiger partial charge in [-0.3, -0.25) is 4.79 Å². The van der Waals surface area contributed by atoms with Crippen LogP contribution in [0.2, 0.25) is 0 Å². The number of hydrogen-bond donors (Lipinski definition) is 2. The van der Waals surface area contributed by atoms with Crippen molar-refractivity contribution in [1.29, 1.82) is 0 Å². The van der Waals surface area contributed by atoms with Gasteiger partial charge in [-0.05, 0) is 68.5 Å². The van der Waals surface area contributed by atoms with Crippen LogP contribution >= 0.6 is 0 Å². The number of aliphatic hydroxyl groups is 2. The van der Waals surface area contributed by atoms with E-state index in [0.717, 1.165) is 34.4 Å². The number of carbonyl (C=O) groups is 1. The predicted molar refractivity (Wildman–Crippen MR) is 126 cm³/mol. The van der Waals surface area contributed by atoms with Crippen LogP contribution in [0.15, 0.2) is 42.5 Å². The zero-order chi connectivity index (χ0) is 24.3. The third-order valence-corrected chi connectivity index (χ3v) is 6.66. The van der Waals surface area contributed by atoms with Crippen molar-refractivity contribution >= 4 is 5.97 Å². The second-order valence-electron chi connectivity index (χ2n) is 9.39. The van der Waals surface area contributed by atoms with E-state index in [2.05, 4.69) is 13.0 Å². The monoisotopic (exact) mass is 470 g/mol. The molecule has 2 saturated heterocycles. The molecule has 4 atom stereocenters. The second-order valence-corrected chi connectivity index (χ2v) is 9.39. The molecule has 0 unspecified atom stereocenters. The SMILES string of the molecule is CCOC(=O)CCCOc1ccc(Cc2cc([C@]34C[C@@H](O)[C@H](O)[C@](C)(CO3)O4)ccc2C)cc1. The molecule has 0 amide bonds. The van der Waals surface area contributed by atoms with Crippen LogP contribution in [0.25, 0.3) is 0 Å². The minimum atomic E-state index is -1.04. The molecule has 7 heteroatoms. The second kappa shape index (κ2) is 10.0. The summed E-state index contributed by atoms with van der Waals surface area (Å²) in [5.74, 6) is -0.480. The first-order chi connectivity index (χ1) is 16.2. The quantitative estimate of drug-likeness (QED) is 0.429. The third-order valence-electron chi connectivity index (χ3n) is 6.66. The Morgan fingerprint density at radius 1 is 1.18 bits per heavy atom. The van der Waals surface area contributed by atoms with Gasteiger partial charge in [-0.2, -0.15) is 0 Å². The maximum absolute atomic E-state index is 11.4. The van der Waals surface area contributed by atoms with E-state index < -0.39 is 23.6 Å². The average Bonchev–Trinajstić information content (AvgIpc) is 3.13. The summed E-state index contributed by atoms with van der Waals surface area (Å²) in [6.45, 7) is 6.73. The van der Waals surface area contributed by atoms with Crippen LogP contribution in [-0.2, 0) is 31.2 Å². The summed E-state index contributed by atoms with van der Waals surface area (Å²) in [7, 11) is 0. The number of ether oxygens (including phenoxy) is 4. The predicted octanol–water partition coefficient (Wildman–Crippen LogP) is 3.39. The molecule has 2 aliphatic rings. The minimum Gasteiger partial charge on any atom is -0.494 e. The van der Waals surface area contributed by atoms with Crippen molar-refractivity contribution in [3.8, 4) is 5.75 Å². The fourth-order valence-corrected chi connectivity index (χ4v) is 4.66. The van der Waals surface area contributed by atoms with E-state index in [4.69, 9.17) is 18.9 Å². The number of fused-ring (bicyclic) bond motifs is 2. The molecule has 2 fully saturated rings. The molecule has 34 heavy (non-hydrogen) atoms. The first-order valence-electron chi connectivity index (χ1n) is 11.9. The standard InChI is InChI=1S/C27H34O7/c1-4-31-24(29)6-5-13-32-22-11-8-19(9-12-22)14-20-15-21(10-7-18(20)2)27-16-23(28)25(30)26(3,34-27)17-33-27/h7-12,15,23,25,28,30H,4-6,13-14,16-17H2,1-3H3/t23-,25+,26+,27-/m1/s1. The van der Waals surface area contributed by atoms with Crippen LogP contribution in [0, 0.1) is 6.92 Å². The zero-order valence-electron chi connectivity index (χ0n) is 20.1. The fourth-order valence-electron chi connectivity index (χ4n) is 4.66. The highest BCUT2D eigenvalue weighted by atomic mass is 16.8. The zero-order valence-corrected chi connectivity index (χ0v) is 20.1. The lowest BCUT2D eigenvalue weighted by Crippen LogP contribution is -2.55. The summed E-state index contributed by atoms with van der Waals surface area (Å²) >= 11 is 0. The molecule has 2 N–H and O–H groups in total. The summed E-state index contributed by atoms with van der Waals surface area (Å²) in [6.07, 6.45) is -0.000239. The smallest absolute Gasteiger partial charge is 0.305 e. The van der Waals surface area contributed by atoms with Gasteiger partial charge in [0, 0.05) is 18.4 Å². The molecule has 7 nitrogen and oxygen atoms in total. The maximum Gasteiger partial charge on any atom is 0.305 e. The Hall–Kier alpha value is -2.45. The van der Waals surface area contributed by atoms with Gasteiger partial charge in [0.25, 0.3) is 0 Å². The van der Waals surface area contributed by atoms with Crippen LogP contribution in [-0.4, -0.2) is 53.8 Å². The van der Waals surface area contributed by atoms with Gasteiger partial charge < -0.3 is 29.2 Å². The molecular formula is C27H34O7. The highest BCUT2D eigenvalue weighted by Gasteiger charge is 2.60. The van der Waals surface area contributed by atoms with Crippen LogP contribution in [0.5, 0.6) is 5.75 Å². The van der Waals surface area contributed by atoms with Crippen molar-refractivity contribution in [2.45, 2.75) is 70.1 Å². The Bertz CT molecular complexity index is 1000. The Balaban J connectivity index is 1.40. The summed E-state index contributed by atoms with van der Waals surface area (Å²) in [5, 5.41) is 20.7. The number of esters is 1. The highest BCUT2D eigenvalue weighted by molar-refractivity contribution is 5.69. The van der Waals surface area contributed by atoms with E-state index >= 15 is 0 Å². The number of carbonyl (C=O) groups excluding carboxylic acids is 1. The molecule has 0 aliphatic carbocycles. The molecule has 0 radical (unpaired) electrons. The summed E-state index contributed by atoms with van der Waals surface area (Å²) in [6, 6.07) is 14.0. The van der Waals surface area contributed by atoms with E-state index in [1.54, 1.807) is 13.8 Å². The van der Waals surface area contributed by atoms with E-state index in [-0.39, 0.29) is 19.0 Å². The largest absolute Gasteiger partial charge is 0.494 e. The van der Waals surface area contributed by atoms with Crippen molar-refractivity contribution in [3.05, 3.63) is 64.7 Å². The summed E-state index contributed by atoms with van der Waals surface area (Å²) in [4.78, 5) is 11.4. The van der Waals surface area contributed by atoms with Crippen molar-refractivity contribution in [3.63, 3.8) is 0 Å².